The van der Waals surface area contributed by atoms with Crippen molar-refractivity contribution in [3.8, 4) is 11.1 Å². The predicted octanol–water partition coefficient (Wildman–Crippen LogP) is 4.82. The van der Waals surface area contributed by atoms with Crippen molar-refractivity contribution in [2.75, 3.05) is 18.6 Å². The van der Waals surface area contributed by atoms with Gasteiger partial charge < -0.3 is 19.3 Å². The summed E-state index contributed by atoms with van der Waals surface area (Å²) < 4.78 is 24.6. The third kappa shape index (κ3) is 5.03. The van der Waals surface area contributed by atoms with Crippen LogP contribution in [-0.4, -0.2) is 35.7 Å². The van der Waals surface area contributed by atoms with Crippen LogP contribution in [0.1, 0.15) is 24.0 Å². The van der Waals surface area contributed by atoms with Crippen LogP contribution in [0.4, 0.5) is 4.39 Å². The highest BCUT2D eigenvalue weighted by atomic mass is 32.2. The lowest BCUT2D eigenvalue weighted by atomic mass is 9.99. The molecule has 1 amide bonds. The van der Waals surface area contributed by atoms with E-state index in [1.165, 1.54) is 12.1 Å². The van der Waals surface area contributed by atoms with Gasteiger partial charge in [0.25, 0.3) is 0 Å². The van der Waals surface area contributed by atoms with Crippen molar-refractivity contribution in [1.29, 1.82) is 0 Å². The van der Waals surface area contributed by atoms with Gasteiger partial charge in [-0.2, -0.15) is 11.8 Å². The zero-order chi connectivity index (χ0) is 24.2. The lowest BCUT2D eigenvalue weighted by Crippen LogP contribution is -2.38. The van der Waals surface area contributed by atoms with Crippen LogP contribution in [0.25, 0.3) is 33.1 Å². The molecule has 4 aromatic rings. The normalized spacial score (nSPS) is 12.4. The van der Waals surface area contributed by atoms with Gasteiger partial charge in [0.15, 0.2) is 0 Å². The molecule has 2 aromatic carbocycles. The van der Waals surface area contributed by atoms with E-state index in [0.29, 0.717) is 23.2 Å². The van der Waals surface area contributed by atoms with Gasteiger partial charge in [0.2, 0.25) is 5.91 Å². The number of aliphatic hydroxyl groups is 1. The van der Waals surface area contributed by atoms with E-state index < -0.39 is 5.63 Å². The van der Waals surface area contributed by atoms with Crippen molar-refractivity contribution >= 4 is 39.6 Å². The van der Waals surface area contributed by atoms with E-state index in [1.807, 2.05) is 19.2 Å². The summed E-state index contributed by atoms with van der Waals surface area (Å²) in [5.41, 5.74) is 3.29. The molecule has 0 aliphatic heterocycles. The minimum absolute atomic E-state index is 0.113. The molecule has 0 spiro atoms. The van der Waals surface area contributed by atoms with E-state index in [2.05, 4.69) is 5.32 Å². The molecule has 2 aromatic heterocycles. The average molecular weight is 484 g/mol. The summed E-state index contributed by atoms with van der Waals surface area (Å²) >= 11 is 1.65. The highest BCUT2D eigenvalue weighted by Crippen LogP contribution is 2.34. The molecule has 1 unspecified atom stereocenters. The van der Waals surface area contributed by atoms with E-state index in [9.17, 15) is 19.1 Å². The maximum absolute atomic E-state index is 13.4. The van der Waals surface area contributed by atoms with Crippen molar-refractivity contribution in [3.63, 3.8) is 0 Å². The summed E-state index contributed by atoms with van der Waals surface area (Å²) in [6, 6.07) is 9.44. The molecule has 2 N–H and O–H groups in total. The number of halogens is 1. The number of aliphatic hydroxyl groups excluding tert-OH is 1. The van der Waals surface area contributed by atoms with Gasteiger partial charge in [-0.1, -0.05) is 12.1 Å². The molecule has 2 heterocycles. The number of amides is 1. The number of carbonyl (C=O) groups is 1. The Labute approximate surface area is 200 Å². The first-order valence-electron chi connectivity index (χ1n) is 11.0. The van der Waals surface area contributed by atoms with E-state index >= 15 is 0 Å². The van der Waals surface area contributed by atoms with Crippen molar-refractivity contribution in [1.82, 2.24) is 5.32 Å². The van der Waals surface area contributed by atoms with Gasteiger partial charge in [0.05, 0.1) is 18.9 Å². The molecule has 0 fully saturated rings. The molecule has 0 aliphatic carbocycles. The molecule has 178 valence electrons. The van der Waals surface area contributed by atoms with E-state index in [1.54, 1.807) is 36.2 Å². The molecule has 0 radical (unpaired) electrons. The summed E-state index contributed by atoms with van der Waals surface area (Å²) in [4.78, 5) is 25.1. The molecular formula is C26H26FNO5S. The van der Waals surface area contributed by atoms with Gasteiger partial charge in [0.1, 0.15) is 17.0 Å². The number of carbonyl (C=O) groups excluding carboxylic acids is 1. The number of rotatable bonds is 9. The molecule has 34 heavy (non-hydrogen) atoms. The zero-order valence-electron chi connectivity index (χ0n) is 19.0. The summed E-state index contributed by atoms with van der Waals surface area (Å²) in [7, 11) is 0. The SMILES string of the molecule is CSCCC(CO)NC(=O)CCc1c(C)c2cc3c(-c4ccc(F)cc4)coc3cc2oc1=O. The zero-order valence-corrected chi connectivity index (χ0v) is 19.8. The number of fused-ring (bicyclic) bond motifs is 2. The fourth-order valence-electron chi connectivity index (χ4n) is 4.06. The van der Waals surface area contributed by atoms with Crippen molar-refractivity contribution in [2.24, 2.45) is 0 Å². The van der Waals surface area contributed by atoms with Gasteiger partial charge >= 0.3 is 5.63 Å². The Morgan fingerprint density at radius 3 is 2.65 bits per heavy atom. The first-order chi connectivity index (χ1) is 16.4. The van der Waals surface area contributed by atoms with Crippen molar-refractivity contribution in [3.05, 3.63) is 70.0 Å². The number of thioether (sulfide) groups is 1. The monoisotopic (exact) mass is 483 g/mol. The lowest BCUT2D eigenvalue weighted by Gasteiger charge is -2.16. The van der Waals surface area contributed by atoms with Crippen LogP contribution in [0.2, 0.25) is 0 Å². The maximum Gasteiger partial charge on any atom is 0.339 e. The van der Waals surface area contributed by atoms with Crippen LogP contribution in [0, 0.1) is 12.7 Å². The van der Waals surface area contributed by atoms with Gasteiger partial charge in [0, 0.05) is 34.4 Å². The van der Waals surface area contributed by atoms with Crippen molar-refractivity contribution in [2.45, 2.75) is 32.2 Å². The van der Waals surface area contributed by atoms with Gasteiger partial charge in [-0.3, -0.25) is 4.79 Å². The molecule has 0 saturated carbocycles. The first-order valence-corrected chi connectivity index (χ1v) is 12.4. The molecule has 4 rings (SSSR count). The average Bonchev–Trinajstić information content (AvgIpc) is 3.23. The number of furan rings is 1. The van der Waals surface area contributed by atoms with Crippen LogP contribution < -0.4 is 10.9 Å². The summed E-state index contributed by atoms with van der Waals surface area (Å²) in [6.07, 6.45) is 4.59. The second-order valence-electron chi connectivity index (χ2n) is 8.22. The first kappa shape index (κ1) is 24.0. The Morgan fingerprint density at radius 1 is 1.18 bits per heavy atom. The predicted molar refractivity (Wildman–Crippen MR) is 133 cm³/mol. The van der Waals surface area contributed by atoms with Crippen LogP contribution >= 0.6 is 11.8 Å². The largest absolute Gasteiger partial charge is 0.464 e. The second-order valence-corrected chi connectivity index (χ2v) is 9.21. The highest BCUT2D eigenvalue weighted by molar-refractivity contribution is 7.98. The second kappa shape index (κ2) is 10.4. The molecule has 0 bridgehead atoms. The van der Waals surface area contributed by atoms with E-state index in [-0.39, 0.29) is 37.2 Å². The fourth-order valence-corrected chi connectivity index (χ4v) is 4.58. The molecule has 0 saturated heterocycles. The highest BCUT2D eigenvalue weighted by Gasteiger charge is 2.18. The molecular weight excluding hydrogens is 457 g/mol. The Hall–Kier alpha value is -3.10. The summed E-state index contributed by atoms with van der Waals surface area (Å²) in [6.45, 7) is 1.71. The Morgan fingerprint density at radius 2 is 1.94 bits per heavy atom. The third-order valence-electron chi connectivity index (χ3n) is 5.99. The maximum atomic E-state index is 13.4. The van der Waals surface area contributed by atoms with E-state index in [0.717, 1.165) is 33.2 Å². The smallest absolute Gasteiger partial charge is 0.339 e. The Kier molecular flexibility index (Phi) is 7.38. The lowest BCUT2D eigenvalue weighted by molar-refractivity contribution is -0.122. The van der Waals surface area contributed by atoms with Gasteiger partial charge in [-0.15, -0.1) is 0 Å². The van der Waals surface area contributed by atoms with E-state index in [4.69, 9.17) is 8.83 Å². The molecule has 1 atom stereocenters. The molecule has 6 nitrogen and oxygen atoms in total. The standard InChI is InChI=1S/C26H26FNO5S/c1-15-19(7-8-25(30)28-18(13-29)9-10-34-2)26(31)33-24-12-23-21(11-20(15)24)22(14-32-23)16-3-5-17(27)6-4-16/h3-6,11-12,14,18,29H,7-10,13H2,1-2H3,(H,28,30). The van der Waals surface area contributed by atoms with Crippen LogP contribution in [0.5, 0.6) is 0 Å². The minimum atomic E-state index is -0.483. The van der Waals surface area contributed by atoms with Crippen LogP contribution in [0.15, 0.2) is 56.3 Å². The quantitative estimate of drug-likeness (QED) is 0.332. The summed E-state index contributed by atoms with van der Waals surface area (Å²) in [5.74, 6) is 0.298. The summed E-state index contributed by atoms with van der Waals surface area (Å²) in [5, 5.41) is 13.9. The number of aryl methyl sites for hydroxylation is 1. The van der Waals surface area contributed by atoms with Gasteiger partial charge in [-0.25, -0.2) is 9.18 Å². The Bertz CT molecular complexity index is 1380. The topological polar surface area (TPSA) is 92.7 Å². The third-order valence-corrected chi connectivity index (χ3v) is 6.64. The number of hydrogen-bond donors (Lipinski definition) is 2. The molecule has 0 aliphatic rings. The number of nitrogens with one attached hydrogen (secondary N) is 1. The minimum Gasteiger partial charge on any atom is -0.464 e. The molecule has 8 heteroatoms. The Balaban J connectivity index is 1.62. The van der Waals surface area contributed by atoms with Crippen LogP contribution in [-0.2, 0) is 11.2 Å². The van der Waals surface area contributed by atoms with Gasteiger partial charge in [-0.05, 0) is 61.1 Å². The fraction of sp³-hybridized carbons (Fsp3) is 0.308. The van der Waals surface area contributed by atoms with Crippen LogP contribution in [0.3, 0.4) is 0 Å². The number of hydrogen-bond acceptors (Lipinski definition) is 6. The van der Waals surface area contributed by atoms with Crippen molar-refractivity contribution < 1.29 is 23.1 Å². The number of benzene rings is 2.